The van der Waals surface area contributed by atoms with E-state index in [9.17, 15) is 4.79 Å². The number of amides is 1. The Hall–Kier alpha value is -1.61. The summed E-state index contributed by atoms with van der Waals surface area (Å²) in [5.41, 5.74) is 4.02. The first-order valence-corrected chi connectivity index (χ1v) is 9.92. The minimum Gasteiger partial charge on any atom is -0.341 e. The van der Waals surface area contributed by atoms with Crippen molar-refractivity contribution in [1.29, 1.82) is 0 Å². The van der Waals surface area contributed by atoms with Gasteiger partial charge in [-0.15, -0.1) is 0 Å². The second-order valence-electron chi connectivity index (χ2n) is 7.68. The highest BCUT2D eigenvalue weighted by Crippen LogP contribution is 2.23. The fourth-order valence-electron chi connectivity index (χ4n) is 4.09. The molecule has 0 radical (unpaired) electrons. The van der Waals surface area contributed by atoms with Crippen molar-refractivity contribution in [3.8, 4) is 0 Å². The lowest BCUT2D eigenvalue weighted by Gasteiger charge is -2.33. The van der Waals surface area contributed by atoms with Crippen LogP contribution in [0.25, 0.3) is 6.08 Å². The van der Waals surface area contributed by atoms with Gasteiger partial charge in [0, 0.05) is 13.1 Å². The van der Waals surface area contributed by atoms with Gasteiger partial charge in [0.25, 0.3) is 0 Å². The lowest BCUT2D eigenvalue weighted by molar-refractivity contribution is -0.134. The molecule has 0 aromatic heterocycles. The minimum atomic E-state index is 0.0595. The predicted octanol–water partition coefficient (Wildman–Crippen LogP) is 4.09. The van der Waals surface area contributed by atoms with Gasteiger partial charge < -0.3 is 10.2 Å². The Morgan fingerprint density at radius 1 is 1.08 bits per heavy atom. The standard InChI is InChI=1S/C22H32N2O/c1-17-7-6-8-18(2)20(17)11-10-19-12-15-24(16-13-19)22(25)21-9-4-3-5-14-23-21/h6-8,10-11,19,21,23H,3-5,9,12-16H2,1-2H3/b11-10+. The summed E-state index contributed by atoms with van der Waals surface area (Å²) in [7, 11) is 0. The zero-order chi connectivity index (χ0) is 17.6. The largest absolute Gasteiger partial charge is 0.341 e. The first-order valence-electron chi connectivity index (χ1n) is 9.92. The molecule has 3 rings (SSSR count). The molecule has 0 spiro atoms. The van der Waals surface area contributed by atoms with Crippen LogP contribution < -0.4 is 5.32 Å². The maximum Gasteiger partial charge on any atom is 0.239 e. The average molecular weight is 341 g/mol. The summed E-state index contributed by atoms with van der Waals surface area (Å²) in [5.74, 6) is 0.921. The van der Waals surface area contributed by atoms with Gasteiger partial charge in [-0.1, -0.05) is 43.2 Å². The molecule has 0 aliphatic carbocycles. The van der Waals surface area contributed by atoms with Gasteiger partial charge in [0.15, 0.2) is 0 Å². The van der Waals surface area contributed by atoms with Crippen molar-refractivity contribution >= 4 is 12.0 Å². The molecule has 1 aromatic carbocycles. The summed E-state index contributed by atoms with van der Waals surface area (Å²) in [6.07, 6.45) is 11.5. The molecule has 1 atom stereocenters. The number of piperidine rings is 1. The number of likely N-dealkylation sites (tertiary alicyclic amines) is 1. The average Bonchev–Trinajstić information content (AvgIpc) is 2.91. The number of nitrogens with zero attached hydrogens (tertiary/aromatic N) is 1. The van der Waals surface area contributed by atoms with E-state index >= 15 is 0 Å². The third-order valence-corrected chi connectivity index (χ3v) is 5.79. The lowest BCUT2D eigenvalue weighted by Crippen LogP contribution is -2.48. The molecule has 1 amide bonds. The van der Waals surface area contributed by atoms with Crippen LogP contribution in [0.5, 0.6) is 0 Å². The summed E-state index contributed by atoms with van der Waals surface area (Å²) in [4.78, 5) is 14.8. The molecule has 1 aromatic rings. The van der Waals surface area contributed by atoms with E-state index < -0.39 is 0 Å². The number of nitrogens with one attached hydrogen (secondary N) is 1. The molecule has 3 heteroatoms. The van der Waals surface area contributed by atoms with E-state index in [0.717, 1.165) is 38.9 Å². The maximum absolute atomic E-state index is 12.7. The van der Waals surface area contributed by atoms with Crippen molar-refractivity contribution in [3.05, 3.63) is 41.0 Å². The first kappa shape index (κ1) is 18.2. The van der Waals surface area contributed by atoms with E-state index in [-0.39, 0.29) is 6.04 Å². The SMILES string of the molecule is Cc1cccc(C)c1/C=C/C1CCN(C(=O)C2CCCCCN2)CC1. The Kier molecular flexibility index (Phi) is 6.30. The Balaban J connectivity index is 1.53. The molecule has 0 saturated carbocycles. The summed E-state index contributed by atoms with van der Waals surface area (Å²) in [5, 5.41) is 3.44. The number of allylic oxidation sites excluding steroid dienone is 1. The van der Waals surface area contributed by atoms with Crippen molar-refractivity contribution in [2.24, 2.45) is 5.92 Å². The summed E-state index contributed by atoms with van der Waals surface area (Å²) >= 11 is 0. The topological polar surface area (TPSA) is 32.3 Å². The zero-order valence-corrected chi connectivity index (χ0v) is 15.8. The lowest BCUT2D eigenvalue weighted by atomic mass is 9.93. The van der Waals surface area contributed by atoms with Crippen LogP contribution in [0, 0.1) is 19.8 Å². The van der Waals surface area contributed by atoms with Crippen LogP contribution in [-0.2, 0) is 4.79 Å². The van der Waals surface area contributed by atoms with Gasteiger partial charge in [-0.2, -0.15) is 0 Å². The molecule has 2 aliphatic rings. The van der Waals surface area contributed by atoms with E-state index in [0.29, 0.717) is 11.8 Å². The monoisotopic (exact) mass is 340 g/mol. The van der Waals surface area contributed by atoms with E-state index in [1.807, 2.05) is 0 Å². The highest BCUT2D eigenvalue weighted by atomic mass is 16.2. The minimum absolute atomic E-state index is 0.0595. The van der Waals surface area contributed by atoms with Crippen LogP contribution in [0.3, 0.4) is 0 Å². The molecule has 2 aliphatic heterocycles. The Bertz CT molecular complexity index is 586. The highest BCUT2D eigenvalue weighted by molar-refractivity contribution is 5.82. The van der Waals surface area contributed by atoms with Crippen LogP contribution in [-0.4, -0.2) is 36.5 Å². The molecular formula is C22H32N2O. The molecule has 2 heterocycles. The third kappa shape index (κ3) is 4.72. The number of carbonyl (C=O) groups excluding carboxylic acids is 1. The number of hydrogen-bond acceptors (Lipinski definition) is 2. The van der Waals surface area contributed by atoms with Crippen LogP contribution >= 0.6 is 0 Å². The molecule has 136 valence electrons. The van der Waals surface area contributed by atoms with Gasteiger partial charge in [0.1, 0.15) is 0 Å². The Morgan fingerprint density at radius 3 is 2.52 bits per heavy atom. The normalized spacial score (nSPS) is 23.0. The second kappa shape index (κ2) is 8.66. The summed E-state index contributed by atoms with van der Waals surface area (Å²) in [6, 6.07) is 6.53. The van der Waals surface area contributed by atoms with E-state index in [2.05, 4.69) is 54.4 Å². The molecule has 25 heavy (non-hydrogen) atoms. The van der Waals surface area contributed by atoms with E-state index in [4.69, 9.17) is 0 Å². The van der Waals surface area contributed by atoms with Crippen LogP contribution in [0.4, 0.5) is 0 Å². The van der Waals surface area contributed by atoms with Gasteiger partial charge >= 0.3 is 0 Å². The van der Waals surface area contributed by atoms with Crippen LogP contribution in [0.1, 0.15) is 55.2 Å². The molecule has 3 nitrogen and oxygen atoms in total. The summed E-state index contributed by atoms with van der Waals surface area (Å²) in [6.45, 7) is 7.14. The van der Waals surface area contributed by atoms with Crippen molar-refractivity contribution in [2.45, 2.75) is 58.4 Å². The van der Waals surface area contributed by atoms with Gasteiger partial charge in [-0.3, -0.25) is 4.79 Å². The van der Waals surface area contributed by atoms with Crippen LogP contribution in [0.2, 0.25) is 0 Å². The van der Waals surface area contributed by atoms with E-state index in [1.165, 1.54) is 36.0 Å². The Labute approximate surface area is 152 Å². The molecule has 0 bridgehead atoms. The van der Waals surface area contributed by atoms with Gasteiger partial charge in [-0.25, -0.2) is 0 Å². The quantitative estimate of drug-likeness (QED) is 0.899. The third-order valence-electron chi connectivity index (χ3n) is 5.79. The molecular weight excluding hydrogens is 308 g/mol. The number of hydrogen-bond donors (Lipinski definition) is 1. The summed E-state index contributed by atoms with van der Waals surface area (Å²) < 4.78 is 0. The Morgan fingerprint density at radius 2 is 1.80 bits per heavy atom. The molecule has 1 unspecified atom stereocenters. The molecule has 1 N–H and O–H groups in total. The maximum atomic E-state index is 12.7. The van der Waals surface area contributed by atoms with Crippen molar-refractivity contribution in [1.82, 2.24) is 10.2 Å². The van der Waals surface area contributed by atoms with Crippen molar-refractivity contribution < 1.29 is 4.79 Å². The molecule has 2 fully saturated rings. The van der Waals surface area contributed by atoms with Crippen molar-refractivity contribution in [2.75, 3.05) is 19.6 Å². The highest BCUT2D eigenvalue weighted by Gasteiger charge is 2.27. The first-order chi connectivity index (χ1) is 12.1. The fourth-order valence-corrected chi connectivity index (χ4v) is 4.09. The number of benzene rings is 1. The number of aryl methyl sites for hydroxylation is 2. The van der Waals surface area contributed by atoms with Crippen molar-refractivity contribution in [3.63, 3.8) is 0 Å². The van der Waals surface area contributed by atoms with Crippen LogP contribution in [0.15, 0.2) is 24.3 Å². The van der Waals surface area contributed by atoms with Gasteiger partial charge in [0.05, 0.1) is 6.04 Å². The number of rotatable bonds is 3. The smallest absolute Gasteiger partial charge is 0.239 e. The van der Waals surface area contributed by atoms with E-state index in [1.54, 1.807) is 0 Å². The second-order valence-corrected chi connectivity index (χ2v) is 7.68. The zero-order valence-electron chi connectivity index (χ0n) is 15.8. The predicted molar refractivity (Wildman–Crippen MR) is 105 cm³/mol. The fraction of sp³-hybridized carbons (Fsp3) is 0.591. The number of carbonyl (C=O) groups is 1. The van der Waals surface area contributed by atoms with Gasteiger partial charge in [0.2, 0.25) is 5.91 Å². The van der Waals surface area contributed by atoms with Gasteiger partial charge in [-0.05, 0) is 68.7 Å². The molecule has 2 saturated heterocycles.